The molecule has 0 bridgehead atoms. The van der Waals surface area contributed by atoms with E-state index < -0.39 is 8.24 Å². The molecule has 0 saturated carbocycles. The third-order valence-electron chi connectivity index (χ3n) is 3.06. The Hall–Kier alpha value is -1.54. The number of benzene rings is 2. The van der Waals surface area contributed by atoms with Gasteiger partial charge in [0, 0.05) is 12.2 Å². The van der Waals surface area contributed by atoms with Gasteiger partial charge in [-0.15, -0.1) is 0 Å². The highest BCUT2D eigenvalue weighted by Gasteiger charge is 2.24. The van der Waals surface area contributed by atoms with E-state index >= 15 is 0 Å². The molecule has 1 nitrogen and oxygen atoms in total. The van der Waals surface area contributed by atoms with E-state index in [2.05, 4.69) is 84.9 Å². The SMILES string of the molecule is C[Si](C)(C)N(Cc1ccccc1)c1ccccc1. The van der Waals surface area contributed by atoms with E-state index in [0.717, 1.165) is 6.54 Å². The molecule has 0 aromatic heterocycles. The van der Waals surface area contributed by atoms with Crippen LogP contribution < -0.4 is 4.57 Å². The fourth-order valence-corrected chi connectivity index (χ4v) is 3.67. The Morgan fingerprint density at radius 2 is 1.28 bits per heavy atom. The van der Waals surface area contributed by atoms with Gasteiger partial charge in [-0.3, -0.25) is 0 Å². The van der Waals surface area contributed by atoms with Crippen molar-refractivity contribution in [3.05, 3.63) is 66.2 Å². The van der Waals surface area contributed by atoms with Gasteiger partial charge in [-0.1, -0.05) is 68.2 Å². The predicted octanol–water partition coefficient (Wildman–Crippen LogP) is 4.53. The lowest BCUT2D eigenvalue weighted by molar-refractivity contribution is 1.00. The summed E-state index contributed by atoms with van der Waals surface area (Å²) in [6.45, 7) is 8.18. The number of hydrogen-bond donors (Lipinski definition) is 0. The predicted molar refractivity (Wildman–Crippen MR) is 82.4 cm³/mol. The van der Waals surface area contributed by atoms with Crippen molar-refractivity contribution in [2.45, 2.75) is 26.2 Å². The maximum absolute atomic E-state index is 2.57. The summed E-state index contributed by atoms with van der Waals surface area (Å²) in [6.07, 6.45) is 0. The van der Waals surface area contributed by atoms with Crippen LogP contribution in [-0.2, 0) is 6.54 Å². The van der Waals surface area contributed by atoms with Crippen LogP contribution in [0.25, 0.3) is 0 Å². The third-order valence-corrected chi connectivity index (χ3v) is 5.10. The molecule has 0 N–H and O–H groups in total. The molecule has 0 saturated heterocycles. The molecule has 2 rings (SSSR count). The molecule has 0 unspecified atom stereocenters. The van der Waals surface area contributed by atoms with Gasteiger partial charge in [-0.05, 0) is 17.7 Å². The Morgan fingerprint density at radius 3 is 1.78 bits per heavy atom. The van der Waals surface area contributed by atoms with E-state index in [1.165, 1.54) is 11.3 Å². The zero-order chi connectivity index (χ0) is 13.0. The summed E-state index contributed by atoms with van der Waals surface area (Å²) in [5.41, 5.74) is 2.71. The van der Waals surface area contributed by atoms with E-state index in [-0.39, 0.29) is 0 Å². The van der Waals surface area contributed by atoms with Crippen LogP contribution in [0, 0.1) is 0 Å². The second-order valence-corrected chi connectivity index (χ2v) is 10.5. The second-order valence-electron chi connectivity index (χ2n) is 5.58. The number of rotatable bonds is 4. The molecule has 0 atom stereocenters. The van der Waals surface area contributed by atoms with Gasteiger partial charge in [0.1, 0.15) is 8.24 Å². The molecule has 2 heteroatoms. The first-order valence-corrected chi connectivity index (χ1v) is 9.89. The van der Waals surface area contributed by atoms with Crippen molar-refractivity contribution in [3.8, 4) is 0 Å². The highest BCUT2D eigenvalue weighted by atomic mass is 28.3. The molecular weight excluding hydrogens is 234 g/mol. The molecule has 0 spiro atoms. The Kier molecular flexibility index (Phi) is 3.87. The summed E-state index contributed by atoms with van der Waals surface area (Å²) in [5, 5.41) is 0. The lowest BCUT2D eigenvalue weighted by atomic mass is 10.2. The van der Waals surface area contributed by atoms with Crippen LogP contribution in [0.5, 0.6) is 0 Å². The minimum Gasteiger partial charge on any atom is -0.394 e. The average Bonchev–Trinajstić information content (AvgIpc) is 2.37. The van der Waals surface area contributed by atoms with Crippen LogP contribution in [0.1, 0.15) is 5.56 Å². The van der Waals surface area contributed by atoms with E-state index in [4.69, 9.17) is 0 Å². The zero-order valence-corrected chi connectivity index (χ0v) is 12.4. The lowest BCUT2D eigenvalue weighted by Gasteiger charge is -2.36. The maximum atomic E-state index is 2.57. The fraction of sp³-hybridized carbons (Fsp3) is 0.250. The summed E-state index contributed by atoms with van der Waals surface area (Å²) in [6, 6.07) is 21.4. The quantitative estimate of drug-likeness (QED) is 0.726. The minimum atomic E-state index is -1.38. The van der Waals surface area contributed by atoms with Crippen LogP contribution in [0.4, 0.5) is 5.69 Å². The largest absolute Gasteiger partial charge is 0.394 e. The molecule has 2 aromatic carbocycles. The molecule has 0 aliphatic carbocycles. The number of nitrogens with zero attached hydrogens (tertiary/aromatic N) is 1. The van der Waals surface area contributed by atoms with Crippen LogP contribution in [-0.4, -0.2) is 8.24 Å². The summed E-state index contributed by atoms with van der Waals surface area (Å²) in [4.78, 5) is 0. The fourth-order valence-electron chi connectivity index (χ4n) is 2.09. The van der Waals surface area contributed by atoms with Gasteiger partial charge in [0.25, 0.3) is 0 Å². The molecule has 0 heterocycles. The minimum absolute atomic E-state index is 1.00. The summed E-state index contributed by atoms with van der Waals surface area (Å²) < 4.78 is 2.57. The van der Waals surface area contributed by atoms with E-state index in [0.29, 0.717) is 0 Å². The van der Waals surface area contributed by atoms with Gasteiger partial charge in [-0.25, -0.2) is 0 Å². The Bertz CT molecular complexity index is 473. The monoisotopic (exact) mass is 255 g/mol. The van der Waals surface area contributed by atoms with Crippen molar-refractivity contribution in [1.82, 2.24) is 0 Å². The van der Waals surface area contributed by atoms with Crippen LogP contribution >= 0.6 is 0 Å². The summed E-state index contributed by atoms with van der Waals surface area (Å²) >= 11 is 0. The van der Waals surface area contributed by atoms with Crippen molar-refractivity contribution < 1.29 is 0 Å². The molecule has 0 radical (unpaired) electrons. The van der Waals surface area contributed by atoms with Crippen molar-refractivity contribution in [1.29, 1.82) is 0 Å². The highest BCUT2D eigenvalue weighted by Crippen LogP contribution is 2.23. The third kappa shape index (κ3) is 3.23. The molecular formula is C16H21NSi. The summed E-state index contributed by atoms with van der Waals surface area (Å²) in [5.74, 6) is 0. The van der Waals surface area contributed by atoms with E-state index in [1.807, 2.05) is 0 Å². The second kappa shape index (κ2) is 5.40. The van der Waals surface area contributed by atoms with Crippen LogP contribution in [0.2, 0.25) is 19.6 Å². The molecule has 0 amide bonds. The van der Waals surface area contributed by atoms with E-state index in [1.54, 1.807) is 0 Å². The number of hydrogen-bond acceptors (Lipinski definition) is 1. The van der Waals surface area contributed by atoms with Gasteiger partial charge in [0.15, 0.2) is 0 Å². The van der Waals surface area contributed by atoms with Gasteiger partial charge < -0.3 is 4.57 Å². The van der Waals surface area contributed by atoms with Crippen molar-refractivity contribution in [2.24, 2.45) is 0 Å². The first-order chi connectivity index (χ1) is 8.57. The van der Waals surface area contributed by atoms with Gasteiger partial charge in [0.2, 0.25) is 0 Å². The van der Waals surface area contributed by atoms with Gasteiger partial charge in [-0.2, -0.15) is 0 Å². The number of para-hydroxylation sites is 1. The standard InChI is InChI=1S/C16H21NSi/c1-18(2,3)17(16-12-8-5-9-13-16)14-15-10-6-4-7-11-15/h4-13H,14H2,1-3H3. The zero-order valence-electron chi connectivity index (χ0n) is 11.4. The molecule has 94 valence electrons. The first kappa shape index (κ1) is 12.9. The Labute approximate surface area is 111 Å². The normalized spacial score (nSPS) is 11.3. The van der Waals surface area contributed by atoms with Crippen molar-refractivity contribution >= 4 is 13.9 Å². The van der Waals surface area contributed by atoms with Crippen molar-refractivity contribution in [3.63, 3.8) is 0 Å². The first-order valence-electron chi connectivity index (χ1n) is 6.44. The Balaban J connectivity index is 2.28. The van der Waals surface area contributed by atoms with E-state index in [9.17, 15) is 0 Å². The summed E-state index contributed by atoms with van der Waals surface area (Å²) in [7, 11) is -1.38. The van der Waals surface area contributed by atoms with Crippen LogP contribution in [0.3, 0.4) is 0 Å². The van der Waals surface area contributed by atoms with Crippen molar-refractivity contribution in [2.75, 3.05) is 4.57 Å². The topological polar surface area (TPSA) is 3.24 Å². The molecule has 0 fully saturated rings. The number of anilines is 1. The highest BCUT2D eigenvalue weighted by molar-refractivity contribution is 6.79. The van der Waals surface area contributed by atoms with Crippen LogP contribution in [0.15, 0.2) is 60.7 Å². The Morgan fingerprint density at radius 1 is 0.778 bits per heavy atom. The molecule has 0 aliphatic heterocycles. The smallest absolute Gasteiger partial charge is 0.147 e. The molecule has 18 heavy (non-hydrogen) atoms. The average molecular weight is 255 g/mol. The van der Waals surface area contributed by atoms with Gasteiger partial charge >= 0.3 is 0 Å². The maximum Gasteiger partial charge on any atom is 0.147 e. The molecule has 2 aromatic rings. The molecule has 0 aliphatic rings. The lowest BCUT2D eigenvalue weighted by Crippen LogP contribution is -2.45. The van der Waals surface area contributed by atoms with Gasteiger partial charge in [0.05, 0.1) is 0 Å².